The van der Waals surface area contributed by atoms with Gasteiger partial charge in [-0.3, -0.25) is 0 Å². The Labute approximate surface area is 95.8 Å². The first-order valence-corrected chi connectivity index (χ1v) is 5.48. The lowest BCUT2D eigenvalue weighted by Crippen LogP contribution is -2.24. The molecule has 0 saturated carbocycles. The minimum Gasteiger partial charge on any atom is -0.408 e. The number of aromatic nitrogens is 2. The topological polar surface area (TPSA) is 77.4 Å². The van der Waals surface area contributed by atoms with Gasteiger partial charge in [0.1, 0.15) is 0 Å². The van der Waals surface area contributed by atoms with E-state index in [0.717, 1.165) is 6.54 Å². The van der Waals surface area contributed by atoms with Gasteiger partial charge in [0.2, 0.25) is 5.89 Å². The molecule has 92 valence electrons. The summed E-state index contributed by atoms with van der Waals surface area (Å²) in [4.78, 5) is 1.87. The summed E-state index contributed by atoms with van der Waals surface area (Å²) in [7, 11) is 1.89. The molecule has 0 aliphatic carbocycles. The first-order chi connectivity index (χ1) is 7.63. The van der Waals surface area contributed by atoms with Crippen molar-refractivity contribution < 1.29 is 9.15 Å². The molecule has 0 aromatic carbocycles. The minimum absolute atomic E-state index is 0.240. The van der Waals surface area contributed by atoms with E-state index in [1.165, 1.54) is 0 Å². The lowest BCUT2D eigenvalue weighted by molar-refractivity contribution is 0.0841. The van der Waals surface area contributed by atoms with Crippen LogP contribution in [0, 0.1) is 0 Å². The van der Waals surface area contributed by atoms with Gasteiger partial charge in [-0.2, -0.15) is 0 Å². The zero-order valence-corrected chi connectivity index (χ0v) is 10.1. The van der Waals surface area contributed by atoms with Gasteiger partial charge in [-0.1, -0.05) is 5.10 Å². The molecule has 0 radical (unpaired) electrons. The van der Waals surface area contributed by atoms with Crippen LogP contribution in [0.2, 0.25) is 0 Å². The van der Waals surface area contributed by atoms with E-state index >= 15 is 0 Å². The second-order valence-corrected chi connectivity index (χ2v) is 3.86. The van der Waals surface area contributed by atoms with Gasteiger partial charge in [-0.15, -0.1) is 5.10 Å². The first kappa shape index (κ1) is 12.9. The Kier molecular flexibility index (Phi) is 5.21. The predicted molar refractivity (Wildman–Crippen MR) is 61.4 cm³/mol. The normalized spacial score (nSPS) is 11.1. The van der Waals surface area contributed by atoms with E-state index in [-0.39, 0.29) is 6.10 Å². The molecule has 0 bridgehead atoms. The van der Waals surface area contributed by atoms with Crippen LogP contribution in [0.25, 0.3) is 0 Å². The molecule has 0 saturated heterocycles. The number of ether oxygens (including phenoxy) is 1. The molecule has 1 rings (SSSR count). The standard InChI is InChI=1S/C10H20N4O2/c1-8(2)15-7-6-14(3)10-13-12-9(16-10)4-5-11/h8H,4-7,11H2,1-3H3. The Morgan fingerprint density at radius 1 is 1.44 bits per heavy atom. The maximum absolute atomic E-state index is 5.44. The number of anilines is 1. The molecule has 0 fully saturated rings. The van der Waals surface area contributed by atoms with Gasteiger partial charge in [-0.05, 0) is 13.8 Å². The zero-order chi connectivity index (χ0) is 12.0. The van der Waals surface area contributed by atoms with E-state index in [4.69, 9.17) is 14.9 Å². The summed E-state index contributed by atoms with van der Waals surface area (Å²) in [5.41, 5.74) is 5.40. The number of rotatable bonds is 7. The molecule has 6 nitrogen and oxygen atoms in total. The van der Waals surface area contributed by atoms with Crippen LogP contribution in [-0.4, -0.2) is 43.0 Å². The van der Waals surface area contributed by atoms with Gasteiger partial charge in [-0.25, -0.2) is 0 Å². The molecular formula is C10H20N4O2. The van der Waals surface area contributed by atoms with Crippen molar-refractivity contribution in [3.63, 3.8) is 0 Å². The summed E-state index contributed by atoms with van der Waals surface area (Å²) in [5.74, 6) is 0.578. The second-order valence-electron chi connectivity index (χ2n) is 3.86. The molecular weight excluding hydrogens is 208 g/mol. The molecule has 6 heteroatoms. The smallest absolute Gasteiger partial charge is 0.317 e. The fourth-order valence-electron chi connectivity index (χ4n) is 1.14. The molecule has 0 amide bonds. The molecule has 2 N–H and O–H groups in total. The van der Waals surface area contributed by atoms with Crippen molar-refractivity contribution in [1.82, 2.24) is 10.2 Å². The number of hydrogen-bond acceptors (Lipinski definition) is 6. The zero-order valence-electron chi connectivity index (χ0n) is 10.1. The number of nitrogens with two attached hydrogens (primary N) is 1. The fraction of sp³-hybridized carbons (Fsp3) is 0.800. The predicted octanol–water partition coefficient (Wildman–Crippen LogP) is 0.432. The molecule has 1 heterocycles. The van der Waals surface area contributed by atoms with Gasteiger partial charge in [0.15, 0.2) is 0 Å². The second kappa shape index (κ2) is 6.44. The van der Waals surface area contributed by atoms with Crippen LogP contribution in [0.1, 0.15) is 19.7 Å². The molecule has 0 unspecified atom stereocenters. The average molecular weight is 228 g/mol. The van der Waals surface area contributed by atoms with Gasteiger partial charge < -0.3 is 19.8 Å². The Morgan fingerprint density at radius 2 is 2.19 bits per heavy atom. The number of likely N-dealkylation sites (N-methyl/N-ethyl adjacent to an activating group) is 1. The maximum Gasteiger partial charge on any atom is 0.317 e. The highest BCUT2D eigenvalue weighted by Gasteiger charge is 2.09. The molecule has 1 aromatic heterocycles. The van der Waals surface area contributed by atoms with Gasteiger partial charge in [0, 0.05) is 26.6 Å². The average Bonchev–Trinajstić information content (AvgIpc) is 2.66. The molecule has 16 heavy (non-hydrogen) atoms. The van der Waals surface area contributed by atoms with E-state index in [9.17, 15) is 0 Å². The molecule has 0 aliphatic heterocycles. The summed E-state index contributed by atoms with van der Waals surface area (Å²) >= 11 is 0. The van der Waals surface area contributed by atoms with Crippen molar-refractivity contribution in [1.29, 1.82) is 0 Å². The lowest BCUT2D eigenvalue weighted by atomic mass is 10.4. The molecule has 0 aliphatic rings. The number of nitrogens with zero attached hydrogens (tertiary/aromatic N) is 3. The SMILES string of the molecule is CC(C)OCCN(C)c1nnc(CCN)o1. The first-order valence-electron chi connectivity index (χ1n) is 5.48. The summed E-state index contributed by atoms with van der Waals surface area (Å²) in [6.07, 6.45) is 0.854. The number of hydrogen-bond donors (Lipinski definition) is 1. The molecule has 0 atom stereocenters. The summed E-state index contributed by atoms with van der Waals surface area (Å²) < 4.78 is 10.8. The Bertz CT molecular complexity index is 301. The van der Waals surface area contributed by atoms with Crippen LogP contribution in [0.4, 0.5) is 6.01 Å². The van der Waals surface area contributed by atoms with E-state index < -0.39 is 0 Å². The highest BCUT2D eigenvalue weighted by atomic mass is 16.5. The maximum atomic E-state index is 5.44. The van der Waals surface area contributed by atoms with Crippen molar-refractivity contribution in [2.75, 3.05) is 31.6 Å². The van der Waals surface area contributed by atoms with Crippen molar-refractivity contribution in [3.8, 4) is 0 Å². The fourth-order valence-corrected chi connectivity index (χ4v) is 1.14. The van der Waals surface area contributed by atoms with Crippen molar-refractivity contribution in [3.05, 3.63) is 5.89 Å². The van der Waals surface area contributed by atoms with Crippen LogP contribution >= 0.6 is 0 Å². The van der Waals surface area contributed by atoms with Crippen LogP contribution in [0.3, 0.4) is 0 Å². The van der Waals surface area contributed by atoms with Gasteiger partial charge in [0.05, 0.1) is 12.7 Å². The van der Waals surface area contributed by atoms with E-state index in [1.807, 2.05) is 25.8 Å². The van der Waals surface area contributed by atoms with Gasteiger partial charge >= 0.3 is 6.01 Å². The van der Waals surface area contributed by atoms with Gasteiger partial charge in [0.25, 0.3) is 0 Å². The lowest BCUT2D eigenvalue weighted by Gasteiger charge is -2.14. The van der Waals surface area contributed by atoms with Crippen molar-refractivity contribution in [2.45, 2.75) is 26.4 Å². The summed E-state index contributed by atoms with van der Waals surface area (Å²) in [6.45, 7) is 5.89. The third kappa shape index (κ3) is 4.16. The van der Waals surface area contributed by atoms with E-state index in [0.29, 0.717) is 31.5 Å². The molecule has 1 aromatic rings. The van der Waals surface area contributed by atoms with E-state index in [2.05, 4.69) is 10.2 Å². The van der Waals surface area contributed by atoms with Crippen LogP contribution in [-0.2, 0) is 11.2 Å². The van der Waals surface area contributed by atoms with E-state index in [1.54, 1.807) is 0 Å². The monoisotopic (exact) mass is 228 g/mol. The van der Waals surface area contributed by atoms with Crippen LogP contribution in [0.5, 0.6) is 0 Å². The van der Waals surface area contributed by atoms with Crippen molar-refractivity contribution >= 4 is 6.01 Å². The minimum atomic E-state index is 0.240. The third-order valence-electron chi connectivity index (χ3n) is 2.02. The largest absolute Gasteiger partial charge is 0.408 e. The third-order valence-corrected chi connectivity index (χ3v) is 2.02. The summed E-state index contributed by atoms with van der Waals surface area (Å²) in [5, 5.41) is 7.82. The molecule has 0 spiro atoms. The van der Waals surface area contributed by atoms with Crippen molar-refractivity contribution in [2.24, 2.45) is 5.73 Å². The quantitative estimate of drug-likeness (QED) is 0.729. The van der Waals surface area contributed by atoms with Crippen LogP contribution in [0.15, 0.2) is 4.42 Å². The Balaban J connectivity index is 2.36. The Morgan fingerprint density at radius 3 is 2.81 bits per heavy atom. The summed E-state index contributed by atoms with van der Waals surface area (Å²) in [6, 6.07) is 0.510. The van der Waals surface area contributed by atoms with Crippen LogP contribution < -0.4 is 10.6 Å². The highest BCUT2D eigenvalue weighted by molar-refractivity contribution is 5.21. The Hall–Kier alpha value is -1.14. The highest BCUT2D eigenvalue weighted by Crippen LogP contribution is 2.10.